The molecule has 27 heavy (non-hydrogen) atoms. The first-order valence-corrected chi connectivity index (χ1v) is 8.47. The van der Waals surface area contributed by atoms with Crippen molar-refractivity contribution in [1.29, 1.82) is 0 Å². The zero-order valence-corrected chi connectivity index (χ0v) is 14.9. The lowest BCUT2D eigenvalue weighted by atomic mass is 10.1. The fourth-order valence-corrected chi connectivity index (χ4v) is 2.92. The van der Waals surface area contributed by atoms with Crippen molar-refractivity contribution in [2.45, 2.75) is 26.3 Å². The van der Waals surface area contributed by atoms with Crippen LogP contribution in [0, 0.1) is 24.4 Å². The van der Waals surface area contributed by atoms with Gasteiger partial charge in [0.15, 0.2) is 11.6 Å². The third kappa shape index (κ3) is 4.42. The molecular formula is C20H19F3N2O2. The number of fused-ring (bicyclic) bond motifs is 1. The minimum atomic E-state index is -0.801. The molecule has 0 radical (unpaired) electrons. The van der Waals surface area contributed by atoms with E-state index >= 15 is 0 Å². The Morgan fingerprint density at radius 3 is 2.59 bits per heavy atom. The number of hydrogen-bond acceptors (Lipinski definition) is 2. The molecule has 7 heteroatoms. The molecule has 2 aromatic carbocycles. The van der Waals surface area contributed by atoms with Gasteiger partial charge >= 0.3 is 0 Å². The number of aryl methyl sites for hydroxylation is 1. The minimum Gasteiger partial charge on any atom is -0.488 e. The number of hydrogen-bond donors (Lipinski definition) is 2. The molecule has 0 aliphatic carbocycles. The highest BCUT2D eigenvalue weighted by Crippen LogP contribution is 2.23. The molecule has 0 saturated carbocycles. The maximum Gasteiger partial charge on any atom is 0.224 e. The molecule has 0 saturated heterocycles. The molecule has 3 aromatic rings. The standard InChI is InChI=1S/C20H19F3N2O2/c1-11(10-27-19-6-4-14(22)8-17(19)23)24-20(26)9-15-12(2)25-18-5-3-13(21)7-16(15)18/h3-8,11,25H,9-10H2,1-2H3,(H,24,26). The highest BCUT2D eigenvalue weighted by molar-refractivity contribution is 5.90. The maximum atomic E-state index is 13.6. The topological polar surface area (TPSA) is 54.1 Å². The summed E-state index contributed by atoms with van der Waals surface area (Å²) in [6.07, 6.45) is 0.0739. The Bertz CT molecular complexity index is 985. The molecule has 4 nitrogen and oxygen atoms in total. The summed E-state index contributed by atoms with van der Waals surface area (Å²) in [5.41, 5.74) is 2.28. The normalized spacial score (nSPS) is 12.2. The van der Waals surface area contributed by atoms with Gasteiger partial charge in [0.2, 0.25) is 5.91 Å². The van der Waals surface area contributed by atoms with E-state index in [0.717, 1.165) is 28.9 Å². The molecule has 1 heterocycles. The van der Waals surface area contributed by atoms with Crippen LogP contribution in [0.3, 0.4) is 0 Å². The van der Waals surface area contributed by atoms with E-state index in [1.165, 1.54) is 18.2 Å². The molecule has 1 aromatic heterocycles. The number of aromatic nitrogens is 1. The van der Waals surface area contributed by atoms with Gasteiger partial charge in [0.25, 0.3) is 0 Å². The predicted molar refractivity (Wildman–Crippen MR) is 96.2 cm³/mol. The van der Waals surface area contributed by atoms with Crippen LogP contribution < -0.4 is 10.1 Å². The van der Waals surface area contributed by atoms with E-state index in [-0.39, 0.29) is 30.5 Å². The first-order chi connectivity index (χ1) is 12.8. The van der Waals surface area contributed by atoms with Crippen molar-refractivity contribution < 1.29 is 22.7 Å². The van der Waals surface area contributed by atoms with Crippen LogP contribution in [0.25, 0.3) is 10.9 Å². The van der Waals surface area contributed by atoms with E-state index in [9.17, 15) is 18.0 Å². The van der Waals surface area contributed by atoms with Gasteiger partial charge in [-0.05, 0) is 49.7 Å². The van der Waals surface area contributed by atoms with E-state index in [0.29, 0.717) is 5.39 Å². The number of H-pyrrole nitrogens is 1. The monoisotopic (exact) mass is 376 g/mol. The summed E-state index contributed by atoms with van der Waals surface area (Å²) in [4.78, 5) is 15.5. The van der Waals surface area contributed by atoms with Crippen LogP contribution in [0.4, 0.5) is 13.2 Å². The molecular weight excluding hydrogens is 357 g/mol. The highest BCUT2D eigenvalue weighted by Gasteiger charge is 2.15. The van der Waals surface area contributed by atoms with Gasteiger partial charge in [-0.25, -0.2) is 13.2 Å². The number of benzene rings is 2. The third-order valence-electron chi connectivity index (χ3n) is 4.21. The largest absolute Gasteiger partial charge is 0.488 e. The number of carbonyl (C=O) groups excluding carboxylic acids is 1. The Hall–Kier alpha value is -2.96. The van der Waals surface area contributed by atoms with E-state index in [4.69, 9.17) is 4.74 Å². The number of rotatable bonds is 6. The smallest absolute Gasteiger partial charge is 0.224 e. The first-order valence-electron chi connectivity index (χ1n) is 8.47. The lowest BCUT2D eigenvalue weighted by Gasteiger charge is -2.15. The summed E-state index contributed by atoms with van der Waals surface area (Å²) in [5.74, 6) is -2.21. The van der Waals surface area contributed by atoms with Crippen LogP contribution in [0.2, 0.25) is 0 Å². The number of amides is 1. The quantitative estimate of drug-likeness (QED) is 0.683. The number of ether oxygens (including phenoxy) is 1. The second-order valence-electron chi connectivity index (χ2n) is 6.45. The summed E-state index contributed by atoms with van der Waals surface area (Å²) < 4.78 is 45.2. The fourth-order valence-electron chi connectivity index (χ4n) is 2.92. The lowest BCUT2D eigenvalue weighted by Crippen LogP contribution is -2.37. The van der Waals surface area contributed by atoms with Crippen molar-refractivity contribution in [1.82, 2.24) is 10.3 Å². The molecule has 2 N–H and O–H groups in total. The number of carbonyl (C=O) groups is 1. The van der Waals surface area contributed by atoms with Gasteiger partial charge in [-0.15, -0.1) is 0 Å². The van der Waals surface area contributed by atoms with Crippen molar-refractivity contribution in [2.24, 2.45) is 0 Å². The Morgan fingerprint density at radius 2 is 1.85 bits per heavy atom. The molecule has 0 fully saturated rings. The molecule has 3 rings (SSSR count). The molecule has 1 amide bonds. The summed E-state index contributed by atoms with van der Waals surface area (Å²) in [5, 5.41) is 3.42. The van der Waals surface area contributed by atoms with Gasteiger partial charge in [-0.2, -0.15) is 0 Å². The Balaban J connectivity index is 1.60. The van der Waals surface area contributed by atoms with Gasteiger partial charge in [0, 0.05) is 22.7 Å². The Kier molecular flexibility index (Phi) is 5.39. The maximum absolute atomic E-state index is 13.6. The molecule has 0 aliphatic heterocycles. The summed E-state index contributed by atoms with van der Waals surface area (Å²) >= 11 is 0. The molecule has 0 bridgehead atoms. The zero-order valence-electron chi connectivity index (χ0n) is 14.9. The average Bonchev–Trinajstić information content (AvgIpc) is 2.89. The fraction of sp³-hybridized carbons (Fsp3) is 0.250. The van der Waals surface area contributed by atoms with Crippen LogP contribution in [0.1, 0.15) is 18.2 Å². The SMILES string of the molecule is Cc1[nH]c2ccc(F)cc2c1CC(=O)NC(C)COc1ccc(F)cc1F. The van der Waals surface area contributed by atoms with Gasteiger partial charge in [-0.1, -0.05) is 0 Å². The van der Waals surface area contributed by atoms with Crippen LogP contribution in [0.15, 0.2) is 36.4 Å². The van der Waals surface area contributed by atoms with Gasteiger partial charge in [-0.3, -0.25) is 4.79 Å². The van der Waals surface area contributed by atoms with Crippen molar-refractivity contribution in [3.05, 3.63) is 65.1 Å². The van der Waals surface area contributed by atoms with E-state index in [1.54, 1.807) is 13.0 Å². The molecule has 0 aliphatic rings. The number of halogens is 3. The Labute approximate surface area is 154 Å². The van der Waals surface area contributed by atoms with Crippen LogP contribution in [0.5, 0.6) is 5.75 Å². The minimum absolute atomic E-state index is 0.0236. The summed E-state index contributed by atoms with van der Waals surface area (Å²) in [6.45, 7) is 3.56. The Morgan fingerprint density at radius 1 is 1.15 bits per heavy atom. The van der Waals surface area contributed by atoms with E-state index in [2.05, 4.69) is 10.3 Å². The third-order valence-corrected chi connectivity index (χ3v) is 4.21. The van der Waals surface area contributed by atoms with Gasteiger partial charge in [0.1, 0.15) is 18.2 Å². The highest BCUT2D eigenvalue weighted by atomic mass is 19.1. The predicted octanol–water partition coefficient (Wildman–Crippen LogP) is 4.02. The molecule has 0 spiro atoms. The van der Waals surface area contributed by atoms with Crippen molar-refractivity contribution in [3.63, 3.8) is 0 Å². The van der Waals surface area contributed by atoms with E-state index in [1.807, 2.05) is 6.92 Å². The second kappa shape index (κ2) is 7.73. The summed E-state index contributed by atoms with van der Waals surface area (Å²) in [7, 11) is 0. The van der Waals surface area contributed by atoms with Gasteiger partial charge in [0.05, 0.1) is 12.5 Å². The molecule has 142 valence electrons. The molecule has 1 unspecified atom stereocenters. The second-order valence-corrected chi connectivity index (χ2v) is 6.45. The van der Waals surface area contributed by atoms with E-state index < -0.39 is 17.7 Å². The number of aromatic amines is 1. The molecule has 1 atom stereocenters. The zero-order chi connectivity index (χ0) is 19.6. The van der Waals surface area contributed by atoms with Crippen molar-refractivity contribution >= 4 is 16.8 Å². The van der Waals surface area contributed by atoms with Crippen LogP contribution >= 0.6 is 0 Å². The van der Waals surface area contributed by atoms with Crippen molar-refractivity contribution in [2.75, 3.05) is 6.61 Å². The lowest BCUT2D eigenvalue weighted by molar-refractivity contribution is -0.121. The number of nitrogens with one attached hydrogen (secondary N) is 2. The average molecular weight is 376 g/mol. The van der Waals surface area contributed by atoms with Gasteiger partial charge < -0.3 is 15.0 Å². The summed E-state index contributed by atoms with van der Waals surface area (Å²) in [6, 6.07) is 7.01. The van der Waals surface area contributed by atoms with Crippen LogP contribution in [-0.4, -0.2) is 23.5 Å². The van der Waals surface area contributed by atoms with Crippen molar-refractivity contribution in [3.8, 4) is 5.75 Å². The first kappa shape index (κ1) is 18.8. The van der Waals surface area contributed by atoms with Crippen LogP contribution in [-0.2, 0) is 11.2 Å².